The van der Waals surface area contributed by atoms with Gasteiger partial charge < -0.3 is 5.32 Å². The van der Waals surface area contributed by atoms with E-state index in [1.165, 1.54) is 7.05 Å². The number of rotatable bonds is 4. The van der Waals surface area contributed by atoms with Gasteiger partial charge >= 0.3 is 6.09 Å². The van der Waals surface area contributed by atoms with Gasteiger partial charge in [0.2, 0.25) is 0 Å². The highest BCUT2D eigenvalue weighted by Crippen LogP contribution is 2.04. The topological polar surface area (TPSA) is 50.7 Å². The lowest BCUT2D eigenvalue weighted by atomic mass is 10.1. The Bertz CT molecular complexity index is 188. The van der Waals surface area contributed by atoms with Gasteiger partial charge in [0, 0.05) is 7.05 Å². The van der Waals surface area contributed by atoms with Crippen molar-refractivity contribution in [1.29, 1.82) is 0 Å². The molecule has 0 heterocycles. The van der Waals surface area contributed by atoms with Crippen molar-refractivity contribution in [3.8, 4) is 0 Å². The molecule has 4 nitrogen and oxygen atoms in total. The fraction of sp³-hybridized carbons (Fsp3) is 0.778. The van der Waals surface area contributed by atoms with Crippen molar-refractivity contribution >= 4 is 11.8 Å². The van der Waals surface area contributed by atoms with Crippen LogP contribution in [-0.2, 0) is 4.84 Å². The van der Waals surface area contributed by atoms with Gasteiger partial charge in [-0.25, -0.2) is 4.79 Å². The minimum atomic E-state index is -0.524. The maximum absolute atomic E-state index is 10.6. The zero-order valence-corrected chi connectivity index (χ0v) is 8.76. The van der Waals surface area contributed by atoms with Crippen LogP contribution in [0.4, 0.5) is 4.79 Å². The molecule has 0 aliphatic heterocycles. The van der Waals surface area contributed by atoms with Crippen molar-refractivity contribution in [2.45, 2.75) is 33.6 Å². The number of nitrogens with zero attached hydrogens (tertiary/aromatic N) is 1. The minimum absolute atomic E-state index is 0.524. The zero-order chi connectivity index (χ0) is 10.3. The highest BCUT2D eigenvalue weighted by atomic mass is 16.7. The number of nitrogens with one attached hydrogen (secondary N) is 1. The second kappa shape index (κ2) is 6.46. The van der Waals surface area contributed by atoms with E-state index in [1.807, 2.05) is 6.92 Å². The predicted molar refractivity (Wildman–Crippen MR) is 52.7 cm³/mol. The Morgan fingerprint density at radius 3 is 2.62 bits per heavy atom. The van der Waals surface area contributed by atoms with E-state index in [1.54, 1.807) is 0 Å². The van der Waals surface area contributed by atoms with Crippen LogP contribution in [0.1, 0.15) is 33.6 Å². The number of carbonyl (C=O) groups excluding carboxylic acids is 1. The van der Waals surface area contributed by atoms with E-state index in [4.69, 9.17) is 0 Å². The monoisotopic (exact) mass is 186 g/mol. The molecule has 0 bridgehead atoms. The van der Waals surface area contributed by atoms with Gasteiger partial charge in [0.05, 0.1) is 5.71 Å². The second-order valence-electron chi connectivity index (χ2n) is 3.39. The lowest BCUT2D eigenvalue weighted by Gasteiger charge is -2.03. The van der Waals surface area contributed by atoms with E-state index in [2.05, 4.69) is 29.2 Å². The molecule has 0 aliphatic carbocycles. The summed E-state index contributed by atoms with van der Waals surface area (Å²) in [4.78, 5) is 15.1. The Balaban J connectivity index is 3.69. The van der Waals surface area contributed by atoms with Gasteiger partial charge in [-0.2, -0.15) is 0 Å². The SMILES string of the molecule is CNC(=O)O/N=C(\C)CCC(C)C. The third-order valence-corrected chi connectivity index (χ3v) is 1.57. The van der Waals surface area contributed by atoms with Crippen LogP contribution in [0.3, 0.4) is 0 Å². The average Bonchev–Trinajstić information content (AvgIpc) is 2.10. The molecule has 0 saturated carbocycles. The summed E-state index contributed by atoms with van der Waals surface area (Å²) in [6.45, 7) is 6.14. The highest BCUT2D eigenvalue weighted by Gasteiger charge is 1.99. The fourth-order valence-corrected chi connectivity index (χ4v) is 0.708. The maximum atomic E-state index is 10.6. The summed E-state index contributed by atoms with van der Waals surface area (Å²) >= 11 is 0. The maximum Gasteiger partial charge on any atom is 0.433 e. The molecule has 4 heteroatoms. The molecule has 0 aliphatic rings. The first-order chi connectivity index (χ1) is 6.06. The lowest BCUT2D eigenvalue weighted by Crippen LogP contribution is -2.17. The summed E-state index contributed by atoms with van der Waals surface area (Å²) in [7, 11) is 1.50. The molecule has 13 heavy (non-hydrogen) atoms. The molecule has 0 spiro atoms. The summed E-state index contributed by atoms with van der Waals surface area (Å²) in [6.07, 6.45) is 1.41. The Morgan fingerprint density at radius 1 is 1.54 bits per heavy atom. The van der Waals surface area contributed by atoms with E-state index >= 15 is 0 Å². The molecule has 0 aromatic rings. The first-order valence-electron chi connectivity index (χ1n) is 4.48. The Hall–Kier alpha value is -1.06. The molecule has 0 atom stereocenters. The van der Waals surface area contributed by atoms with Crippen LogP contribution in [0.25, 0.3) is 0 Å². The van der Waals surface area contributed by atoms with Gasteiger partial charge in [-0.3, -0.25) is 4.84 Å². The van der Waals surface area contributed by atoms with Crippen LogP contribution in [0.15, 0.2) is 5.16 Å². The average molecular weight is 186 g/mol. The summed E-state index contributed by atoms with van der Waals surface area (Å²) in [6, 6.07) is 0. The van der Waals surface area contributed by atoms with Gasteiger partial charge in [0.15, 0.2) is 0 Å². The molecule has 0 saturated heterocycles. The third kappa shape index (κ3) is 7.31. The van der Waals surface area contributed by atoms with Crippen LogP contribution in [-0.4, -0.2) is 18.9 Å². The van der Waals surface area contributed by atoms with Crippen molar-refractivity contribution in [2.75, 3.05) is 7.05 Å². The number of amides is 1. The van der Waals surface area contributed by atoms with Crippen molar-refractivity contribution < 1.29 is 9.63 Å². The first kappa shape index (κ1) is 11.9. The number of oxime groups is 1. The van der Waals surface area contributed by atoms with Gasteiger partial charge in [-0.15, -0.1) is 0 Å². The van der Waals surface area contributed by atoms with Crippen molar-refractivity contribution in [2.24, 2.45) is 11.1 Å². The summed E-state index contributed by atoms with van der Waals surface area (Å²) < 4.78 is 0. The normalized spacial score (nSPS) is 11.6. The minimum Gasteiger partial charge on any atom is -0.323 e. The van der Waals surface area contributed by atoms with Crippen LogP contribution in [0, 0.1) is 5.92 Å². The second-order valence-corrected chi connectivity index (χ2v) is 3.39. The molecular formula is C9H18N2O2. The summed E-state index contributed by atoms with van der Waals surface area (Å²) in [5.41, 5.74) is 0.845. The van der Waals surface area contributed by atoms with Gasteiger partial charge in [0.1, 0.15) is 0 Å². The van der Waals surface area contributed by atoms with Gasteiger partial charge in [0.25, 0.3) is 0 Å². The van der Waals surface area contributed by atoms with E-state index in [-0.39, 0.29) is 0 Å². The number of hydrogen-bond donors (Lipinski definition) is 1. The molecule has 0 fully saturated rings. The van der Waals surface area contributed by atoms with Crippen LogP contribution in [0.5, 0.6) is 0 Å². The van der Waals surface area contributed by atoms with Gasteiger partial charge in [-0.1, -0.05) is 19.0 Å². The van der Waals surface area contributed by atoms with Crippen LogP contribution < -0.4 is 5.32 Å². The molecule has 0 aromatic heterocycles. The molecule has 1 amide bonds. The molecule has 0 unspecified atom stereocenters. The van der Waals surface area contributed by atoms with Crippen molar-refractivity contribution in [3.63, 3.8) is 0 Å². The predicted octanol–water partition coefficient (Wildman–Crippen LogP) is 2.15. The molecule has 0 rings (SSSR count). The zero-order valence-electron chi connectivity index (χ0n) is 8.76. The van der Waals surface area contributed by atoms with Crippen molar-refractivity contribution in [1.82, 2.24) is 5.32 Å². The van der Waals surface area contributed by atoms with E-state index in [9.17, 15) is 4.79 Å². The molecule has 0 radical (unpaired) electrons. The third-order valence-electron chi connectivity index (χ3n) is 1.57. The Kier molecular flexibility index (Phi) is 5.93. The number of hydrogen-bond acceptors (Lipinski definition) is 3. The first-order valence-corrected chi connectivity index (χ1v) is 4.48. The molecule has 76 valence electrons. The van der Waals surface area contributed by atoms with E-state index in [0.717, 1.165) is 18.6 Å². The standard InChI is InChI=1S/C9H18N2O2/c1-7(2)5-6-8(3)11-13-9(12)10-4/h7H,5-6H2,1-4H3,(H,10,12)/b11-8+. The summed E-state index contributed by atoms with van der Waals surface area (Å²) in [5, 5.41) is 5.99. The van der Waals surface area contributed by atoms with Crippen molar-refractivity contribution in [3.05, 3.63) is 0 Å². The molecule has 1 N–H and O–H groups in total. The quantitative estimate of drug-likeness (QED) is 0.415. The van der Waals surface area contributed by atoms with Crippen LogP contribution in [0.2, 0.25) is 0 Å². The highest BCUT2D eigenvalue weighted by molar-refractivity contribution is 5.82. The lowest BCUT2D eigenvalue weighted by molar-refractivity contribution is 0.152. The van der Waals surface area contributed by atoms with Gasteiger partial charge in [-0.05, 0) is 25.7 Å². The van der Waals surface area contributed by atoms with E-state index < -0.39 is 6.09 Å². The molecular weight excluding hydrogens is 168 g/mol. The Morgan fingerprint density at radius 2 is 2.15 bits per heavy atom. The summed E-state index contributed by atoms with van der Waals surface area (Å²) in [5.74, 6) is 0.644. The molecule has 0 aromatic carbocycles. The van der Waals surface area contributed by atoms with Crippen LogP contribution >= 0.6 is 0 Å². The smallest absolute Gasteiger partial charge is 0.323 e. The fourth-order valence-electron chi connectivity index (χ4n) is 0.708. The van der Waals surface area contributed by atoms with E-state index in [0.29, 0.717) is 5.92 Å². The number of carbonyl (C=O) groups is 1. The largest absolute Gasteiger partial charge is 0.433 e. The Labute approximate surface area is 79.3 Å².